The number of aliphatic hydroxyl groups excluding tert-OH is 1. The largest absolute Gasteiger partial charge is 0.391 e. The van der Waals surface area contributed by atoms with Crippen LogP contribution in [0.1, 0.15) is 18.1 Å². The van der Waals surface area contributed by atoms with Gasteiger partial charge >= 0.3 is 0 Å². The minimum absolute atomic E-state index is 0.303. The summed E-state index contributed by atoms with van der Waals surface area (Å²) in [5, 5.41) is 10.3. The third kappa shape index (κ3) is 5.70. The second kappa shape index (κ2) is 8.60. The van der Waals surface area contributed by atoms with Crippen molar-refractivity contribution in [2.45, 2.75) is 25.9 Å². The lowest BCUT2D eigenvalue weighted by Gasteiger charge is -2.23. The average molecular weight is 283 g/mol. The maximum absolute atomic E-state index is 10.3. The Bertz CT molecular complexity index is 497. The molecule has 112 valence electrons. The highest BCUT2D eigenvalue weighted by Crippen LogP contribution is 2.06. The summed E-state index contributed by atoms with van der Waals surface area (Å²) in [6.07, 6.45) is 1.46. The van der Waals surface area contributed by atoms with E-state index < -0.39 is 0 Å². The van der Waals surface area contributed by atoms with Crippen LogP contribution in [0.4, 0.5) is 0 Å². The van der Waals surface area contributed by atoms with Gasteiger partial charge in [0, 0.05) is 13.1 Å². The van der Waals surface area contributed by atoms with Crippen molar-refractivity contribution in [2.75, 3.05) is 19.6 Å². The van der Waals surface area contributed by atoms with Crippen LogP contribution < -0.4 is 0 Å². The molecule has 0 bridgehead atoms. The van der Waals surface area contributed by atoms with E-state index in [2.05, 4.69) is 48.2 Å². The van der Waals surface area contributed by atoms with Crippen LogP contribution in [-0.2, 0) is 12.8 Å². The van der Waals surface area contributed by atoms with Crippen LogP contribution in [0.3, 0.4) is 0 Å². The SMILES string of the molecule is CCN(CCc1ccccc1)CC(O)Cc1ccccc1. The van der Waals surface area contributed by atoms with Gasteiger partial charge in [-0.25, -0.2) is 0 Å². The molecule has 0 aliphatic rings. The molecule has 0 radical (unpaired) electrons. The lowest BCUT2D eigenvalue weighted by Crippen LogP contribution is -2.35. The number of rotatable bonds is 8. The third-order valence-corrected chi connectivity index (χ3v) is 3.79. The predicted octanol–water partition coefficient (Wildman–Crippen LogP) is 3.15. The summed E-state index contributed by atoms with van der Waals surface area (Å²) in [6.45, 7) is 4.85. The Balaban J connectivity index is 1.78. The molecule has 1 unspecified atom stereocenters. The fourth-order valence-electron chi connectivity index (χ4n) is 2.56. The van der Waals surface area contributed by atoms with E-state index in [1.807, 2.05) is 24.3 Å². The summed E-state index contributed by atoms with van der Waals surface area (Å²) in [5.41, 5.74) is 2.55. The number of nitrogens with zero attached hydrogens (tertiary/aromatic N) is 1. The molecule has 2 heteroatoms. The van der Waals surface area contributed by atoms with E-state index in [9.17, 15) is 5.11 Å². The zero-order valence-corrected chi connectivity index (χ0v) is 12.8. The van der Waals surface area contributed by atoms with Crippen molar-refractivity contribution in [3.8, 4) is 0 Å². The second-order valence-corrected chi connectivity index (χ2v) is 5.47. The molecular formula is C19H25NO. The van der Waals surface area contributed by atoms with Crippen molar-refractivity contribution in [1.82, 2.24) is 4.90 Å². The minimum atomic E-state index is -0.303. The molecule has 2 aromatic carbocycles. The Hall–Kier alpha value is -1.64. The second-order valence-electron chi connectivity index (χ2n) is 5.47. The van der Waals surface area contributed by atoms with Crippen LogP contribution in [0.5, 0.6) is 0 Å². The first kappa shape index (κ1) is 15.7. The van der Waals surface area contributed by atoms with Gasteiger partial charge in [-0.3, -0.25) is 0 Å². The zero-order chi connectivity index (χ0) is 14.9. The van der Waals surface area contributed by atoms with E-state index in [4.69, 9.17) is 0 Å². The molecule has 0 aliphatic heterocycles. The Morgan fingerprint density at radius 1 is 0.905 bits per heavy atom. The van der Waals surface area contributed by atoms with Gasteiger partial charge in [-0.2, -0.15) is 0 Å². The lowest BCUT2D eigenvalue weighted by molar-refractivity contribution is 0.116. The van der Waals surface area contributed by atoms with E-state index in [0.717, 1.165) is 32.5 Å². The fourth-order valence-corrected chi connectivity index (χ4v) is 2.56. The van der Waals surface area contributed by atoms with E-state index in [1.165, 1.54) is 11.1 Å². The highest BCUT2D eigenvalue weighted by Gasteiger charge is 2.11. The highest BCUT2D eigenvalue weighted by molar-refractivity contribution is 5.16. The van der Waals surface area contributed by atoms with Crippen molar-refractivity contribution in [3.05, 3.63) is 71.8 Å². The van der Waals surface area contributed by atoms with Gasteiger partial charge in [0.25, 0.3) is 0 Å². The standard InChI is InChI=1S/C19H25NO/c1-2-20(14-13-17-9-5-3-6-10-17)16-19(21)15-18-11-7-4-8-12-18/h3-12,19,21H,2,13-16H2,1H3. The summed E-state index contributed by atoms with van der Waals surface area (Å²) in [7, 11) is 0. The quantitative estimate of drug-likeness (QED) is 0.804. The molecule has 0 amide bonds. The van der Waals surface area contributed by atoms with Gasteiger partial charge in [-0.1, -0.05) is 67.6 Å². The smallest absolute Gasteiger partial charge is 0.0707 e. The van der Waals surface area contributed by atoms with Crippen molar-refractivity contribution in [3.63, 3.8) is 0 Å². The van der Waals surface area contributed by atoms with Crippen molar-refractivity contribution in [2.24, 2.45) is 0 Å². The van der Waals surface area contributed by atoms with E-state index >= 15 is 0 Å². The summed E-state index contributed by atoms with van der Waals surface area (Å²) in [6, 6.07) is 20.7. The molecule has 21 heavy (non-hydrogen) atoms. The van der Waals surface area contributed by atoms with Gasteiger partial charge in [-0.15, -0.1) is 0 Å². The topological polar surface area (TPSA) is 23.5 Å². The van der Waals surface area contributed by atoms with Crippen LogP contribution >= 0.6 is 0 Å². The van der Waals surface area contributed by atoms with E-state index in [-0.39, 0.29) is 6.10 Å². The highest BCUT2D eigenvalue weighted by atomic mass is 16.3. The molecule has 0 saturated heterocycles. The Morgan fingerprint density at radius 2 is 1.48 bits per heavy atom. The van der Waals surface area contributed by atoms with Crippen LogP contribution in [0, 0.1) is 0 Å². The van der Waals surface area contributed by atoms with Crippen molar-refractivity contribution in [1.29, 1.82) is 0 Å². The normalized spacial score (nSPS) is 12.5. The molecule has 1 N–H and O–H groups in total. The van der Waals surface area contributed by atoms with Crippen LogP contribution in [-0.4, -0.2) is 35.7 Å². The molecule has 0 fully saturated rings. The lowest BCUT2D eigenvalue weighted by atomic mass is 10.1. The monoisotopic (exact) mass is 283 g/mol. The van der Waals surface area contributed by atoms with Gasteiger partial charge in [0.1, 0.15) is 0 Å². The molecule has 0 spiro atoms. The molecule has 2 nitrogen and oxygen atoms in total. The first-order valence-electron chi connectivity index (χ1n) is 7.76. The number of aliphatic hydroxyl groups is 1. The first-order valence-corrected chi connectivity index (χ1v) is 7.76. The Morgan fingerprint density at radius 3 is 2.05 bits per heavy atom. The molecule has 2 aromatic rings. The molecule has 0 aromatic heterocycles. The summed E-state index contributed by atoms with van der Waals surface area (Å²) in [5.74, 6) is 0. The number of likely N-dealkylation sites (N-methyl/N-ethyl adjacent to an activating group) is 1. The molecule has 0 saturated carbocycles. The number of hydrogen-bond donors (Lipinski definition) is 1. The molecular weight excluding hydrogens is 258 g/mol. The van der Waals surface area contributed by atoms with Crippen LogP contribution in [0.15, 0.2) is 60.7 Å². The average Bonchev–Trinajstić information content (AvgIpc) is 2.53. The fraction of sp³-hybridized carbons (Fsp3) is 0.368. The predicted molar refractivity (Wildman–Crippen MR) is 88.4 cm³/mol. The maximum Gasteiger partial charge on any atom is 0.0707 e. The maximum atomic E-state index is 10.3. The Kier molecular flexibility index (Phi) is 6.45. The van der Waals surface area contributed by atoms with Crippen LogP contribution in [0.25, 0.3) is 0 Å². The minimum Gasteiger partial charge on any atom is -0.391 e. The number of hydrogen-bond acceptors (Lipinski definition) is 2. The summed E-state index contributed by atoms with van der Waals surface area (Å²) >= 11 is 0. The van der Waals surface area contributed by atoms with Crippen molar-refractivity contribution >= 4 is 0 Å². The van der Waals surface area contributed by atoms with Gasteiger partial charge in [-0.05, 0) is 30.5 Å². The first-order chi connectivity index (χ1) is 10.3. The molecule has 0 heterocycles. The molecule has 1 atom stereocenters. The Labute approximate surface area is 128 Å². The zero-order valence-electron chi connectivity index (χ0n) is 12.8. The third-order valence-electron chi connectivity index (χ3n) is 3.79. The van der Waals surface area contributed by atoms with Gasteiger partial charge < -0.3 is 10.0 Å². The summed E-state index contributed by atoms with van der Waals surface area (Å²) < 4.78 is 0. The number of benzene rings is 2. The molecule has 0 aliphatic carbocycles. The molecule has 2 rings (SSSR count). The van der Waals surface area contributed by atoms with Gasteiger partial charge in [0.05, 0.1) is 6.10 Å². The van der Waals surface area contributed by atoms with Crippen LogP contribution in [0.2, 0.25) is 0 Å². The summed E-state index contributed by atoms with van der Waals surface area (Å²) in [4.78, 5) is 2.32. The van der Waals surface area contributed by atoms with Crippen molar-refractivity contribution < 1.29 is 5.11 Å². The van der Waals surface area contributed by atoms with E-state index in [1.54, 1.807) is 0 Å². The van der Waals surface area contributed by atoms with Gasteiger partial charge in [0.15, 0.2) is 0 Å². The van der Waals surface area contributed by atoms with E-state index in [0.29, 0.717) is 0 Å². The van der Waals surface area contributed by atoms with Gasteiger partial charge in [0.2, 0.25) is 0 Å².